The lowest BCUT2D eigenvalue weighted by Gasteiger charge is -2.09. The van der Waals surface area contributed by atoms with Gasteiger partial charge >= 0.3 is 5.97 Å². The first kappa shape index (κ1) is 13.4. The number of hydrogen-bond acceptors (Lipinski definition) is 4. The maximum absolute atomic E-state index is 11.9. The van der Waals surface area contributed by atoms with Gasteiger partial charge in [-0.2, -0.15) is 5.26 Å². The number of rotatable bonds is 3. The van der Waals surface area contributed by atoms with Crippen LogP contribution in [0.25, 0.3) is 10.2 Å². The Morgan fingerprint density at radius 3 is 3.00 bits per heavy atom. The predicted molar refractivity (Wildman–Crippen MR) is 81.4 cm³/mol. The number of methoxy groups -OCH3 is 1. The lowest BCUT2D eigenvalue weighted by molar-refractivity contribution is 0.0589. The first-order chi connectivity index (χ1) is 10.2. The lowest BCUT2D eigenvalue weighted by atomic mass is 10.1. The summed E-state index contributed by atoms with van der Waals surface area (Å²) in [6.45, 7) is 0.532. The molecule has 0 aliphatic rings. The number of fused-ring (bicyclic) bond motifs is 1. The zero-order valence-corrected chi connectivity index (χ0v) is 12.2. The van der Waals surface area contributed by atoms with Gasteiger partial charge in [0.05, 0.1) is 18.7 Å². The van der Waals surface area contributed by atoms with E-state index in [-0.39, 0.29) is 5.97 Å². The molecule has 0 atom stereocenters. The molecule has 0 bridgehead atoms. The smallest absolute Gasteiger partial charge is 0.354 e. The number of nitrogens with zero attached hydrogens (tertiary/aromatic N) is 2. The minimum absolute atomic E-state index is 0.352. The molecule has 0 amide bonds. The summed E-state index contributed by atoms with van der Waals surface area (Å²) in [4.78, 5) is 13.0. The van der Waals surface area contributed by atoms with E-state index in [0.717, 1.165) is 15.8 Å². The molecule has 0 aliphatic heterocycles. The first-order valence-electron chi connectivity index (χ1n) is 6.37. The molecule has 21 heavy (non-hydrogen) atoms. The van der Waals surface area contributed by atoms with E-state index in [9.17, 15) is 4.79 Å². The van der Waals surface area contributed by atoms with Crippen molar-refractivity contribution < 1.29 is 9.53 Å². The van der Waals surface area contributed by atoms with Crippen molar-refractivity contribution in [2.24, 2.45) is 0 Å². The number of thiophene rings is 1. The summed E-state index contributed by atoms with van der Waals surface area (Å²) in [6, 6.07) is 13.3. The van der Waals surface area contributed by atoms with Crippen LogP contribution < -0.4 is 0 Å². The van der Waals surface area contributed by atoms with Crippen LogP contribution in [0.1, 0.15) is 21.6 Å². The monoisotopic (exact) mass is 296 g/mol. The van der Waals surface area contributed by atoms with E-state index < -0.39 is 0 Å². The van der Waals surface area contributed by atoms with Gasteiger partial charge in [0, 0.05) is 11.9 Å². The maximum atomic E-state index is 11.9. The summed E-state index contributed by atoms with van der Waals surface area (Å²) >= 11 is 1.58. The molecule has 5 heteroatoms. The van der Waals surface area contributed by atoms with E-state index in [1.807, 2.05) is 40.3 Å². The summed E-state index contributed by atoms with van der Waals surface area (Å²) in [7, 11) is 1.38. The first-order valence-corrected chi connectivity index (χ1v) is 7.25. The van der Waals surface area contributed by atoms with Crippen LogP contribution in [0.3, 0.4) is 0 Å². The van der Waals surface area contributed by atoms with Crippen LogP contribution >= 0.6 is 11.3 Å². The van der Waals surface area contributed by atoms with E-state index in [1.54, 1.807) is 17.4 Å². The highest BCUT2D eigenvalue weighted by Gasteiger charge is 2.17. The average molecular weight is 296 g/mol. The van der Waals surface area contributed by atoms with Crippen LogP contribution in [0.2, 0.25) is 0 Å². The Balaban J connectivity index is 2.08. The van der Waals surface area contributed by atoms with E-state index in [0.29, 0.717) is 17.8 Å². The third kappa shape index (κ3) is 2.41. The summed E-state index contributed by atoms with van der Waals surface area (Å²) in [5.74, 6) is -0.352. The maximum Gasteiger partial charge on any atom is 0.354 e. The fraction of sp³-hybridized carbons (Fsp3) is 0.125. The third-order valence-corrected chi connectivity index (χ3v) is 4.25. The second-order valence-corrected chi connectivity index (χ2v) is 5.50. The molecule has 0 aliphatic carbocycles. The SMILES string of the molecule is COC(=O)c1cc2ccsc2n1Cc1cccc(C#N)c1. The standard InChI is InChI=1S/C16H12N2O2S/c1-20-16(19)14-8-13-5-6-21-15(13)18(14)10-12-4-2-3-11(7-12)9-17/h2-8H,10H2,1H3. The van der Waals surface area contributed by atoms with Crippen molar-refractivity contribution in [1.29, 1.82) is 5.26 Å². The van der Waals surface area contributed by atoms with Gasteiger partial charge in [-0.15, -0.1) is 11.3 Å². The fourth-order valence-electron chi connectivity index (χ4n) is 2.33. The van der Waals surface area contributed by atoms with E-state index in [2.05, 4.69) is 6.07 Å². The highest BCUT2D eigenvalue weighted by atomic mass is 32.1. The van der Waals surface area contributed by atoms with Gasteiger partial charge in [-0.25, -0.2) is 4.79 Å². The van der Waals surface area contributed by atoms with Gasteiger partial charge in [-0.05, 0) is 35.2 Å². The minimum atomic E-state index is -0.352. The molecule has 0 unspecified atom stereocenters. The summed E-state index contributed by atoms with van der Waals surface area (Å²) in [6.07, 6.45) is 0. The van der Waals surface area contributed by atoms with Gasteiger partial charge in [-0.3, -0.25) is 0 Å². The molecule has 3 aromatic rings. The molecule has 0 fully saturated rings. The summed E-state index contributed by atoms with van der Waals surface area (Å²) < 4.78 is 6.78. The van der Waals surface area contributed by atoms with Crippen molar-refractivity contribution >= 4 is 27.5 Å². The third-order valence-electron chi connectivity index (χ3n) is 3.29. The van der Waals surface area contributed by atoms with Gasteiger partial charge in [-0.1, -0.05) is 12.1 Å². The molecule has 2 aromatic heterocycles. The van der Waals surface area contributed by atoms with Crippen molar-refractivity contribution in [3.05, 3.63) is 58.6 Å². The second-order valence-electron chi connectivity index (χ2n) is 4.60. The van der Waals surface area contributed by atoms with Crippen LogP contribution in [-0.4, -0.2) is 17.6 Å². The van der Waals surface area contributed by atoms with Crippen LogP contribution in [0.4, 0.5) is 0 Å². The number of carbonyl (C=O) groups is 1. The summed E-state index contributed by atoms with van der Waals surface area (Å²) in [5.41, 5.74) is 2.12. The molecular weight excluding hydrogens is 284 g/mol. The van der Waals surface area contributed by atoms with Crippen molar-refractivity contribution in [2.75, 3.05) is 7.11 Å². The molecule has 1 aromatic carbocycles. The van der Waals surface area contributed by atoms with Gasteiger partial charge < -0.3 is 9.30 Å². The molecule has 2 heterocycles. The second kappa shape index (κ2) is 5.43. The Bertz CT molecular complexity index is 855. The highest BCUT2D eigenvalue weighted by Crippen LogP contribution is 2.27. The van der Waals surface area contributed by atoms with Gasteiger partial charge in [0.25, 0.3) is 0 Å². The quantitative estimate of drug-likeness (QED) is 0.696. The molecule has 0 N–H and O–H groups in total. The number of esters is 1. The number of ether oxygens (including phenoxy) is 1. The molecule has 0 saturated heterocycles. The van der Waals surface area contributed by atoms with Gasteiger partial charge in [0.15, 0.2) is 0 Å². The Morgan fingerprint density at radius 2 is 2.24 bits per heavy atom. The molecule has 0 spiro atoms. The van der Waals surface area contributed by atoms with Crippen molar-refractivity contribution in [2.45, 2.75) is 6.54 Å². The zero-order chi connectivity index (χ0) is 14.8. The zero-order valence-electron chi connectivity index (χ0n) is 11.4. The van der Waals surface area contributed by atoms with Crippen molar-refractivity contribution in [1.82, 2.24) is 4.57 Å². The molecule has 104 valence electrons. The van der Waals surface area contributed by atoms with Gasteiger partial charge in [0.2, 0.25) is 0 Å². The fourth-order valence-corrected chi connectivity index (χ4v) is 3.22. The molecular formula is C16H12N2O2S. The van der Waals surface area contributed by atoms with Crippen molar-refractivity contribution in [3.8, 4) is 6.07 Å². The normalized spacial score (nSPS) is 10.5. The number of hydrogen-bond donors (Lipinski definition) is 0. The van der Waals surface area contributed by atoms with E-state index in [1.165, 1.54) is 7.11 Å². The van der Waals surface area contributed by atoms with Crippen molar-refractivity contribution in [3.63, 3.8) is 0 Å². The predicted octanol–water partition coefficient (Wildman–Crippen LogP) is 3.41. The van der Waals surface area contributed by atoms with Crippen LogP contribution in [0, 0.1) is 11.3 Å². The van der Waals surface area contributed by atoms with Crippen LogP contribution in [0.15, 0.2) is 41.8 Å². The van der Waals surface area contributed by atoms with Crippen LogP contribution in [0.5, 0.6) is 0 Å². The summed E-state index contributed by atoms with van der Waals surface area (Å²) in [5, 5.41) is 12.0. The van der Waals surface area contributed by atoms with Crippen LogP contribution in [-0.2, 0) is 11.3 Å². The molecule has 4 nitrogen and oxygen atoms in total. The van der Waals surface area contributed by atoms with E-state index >= 15 is 0 Å². The number of nitriles is 1. The average Bonchev–Trinajstić information content (AvgIpc) is 3.09. The largest absolute Gasteiger partial charge is 0.464 e. The Morgan fingerprint density at radius 1 is 1.38 bits per heavy atom. The van der Waals surface area contributed by atoms with Gasteiger partial charge in [0.1, 0.15) is 10.5 Å². The highest BCUT2D eigenvalue weighted by molar-refractivity contribution is 7.16. The number of carbonyl (C=O) groups excluding carboxylic acids is 1. The molecule has 0 saturated carbocycles. The lowest BCUT2D eigenvalue weighted by Crippen LogP contribution is -2.11. The minimum Gasteiger partial charge on any atom is -0.464 e. The topological polar surface area (TPSA) is 55.0 Å². The molecule has 3 rings (SSSR count). The Kier molecular flexibility index (Phi) is 3.46. The van der Waals surface area contributed by atoms with E-state index in [4.69, 9.17) is 10.00 Å². The Hall–Kier alpha value is -2.58. The number of benzene rings is 1. The number of aromatic nitrogens is 1. The Labute approximate surface area is 125 Å². The molecule has 0 radical (unpaired) electrons.